The summed E-state index contributed by atoms with van der Waals surface area (Å²) in [4.78, 5) is 0. The van der Waals surface area contributed by atoms with Gasteiger partial charge in [-0.25, -0.2) is 0 Å². The maximum Gasteiger partial charge on any atom is 0.0115 e. The number of hydrogen-bond donors (Lipinski definition) is 3. The first kappa shape index (κ1) is 26.2. The lowest BCUT2D eigenvalue weighted by atomic mass is 9.77. The van der Waals surface area contributed by atoms with Crippen LogP contribution >= 0.6 is 0 Å². The molecule has 0 amide bonds. The minimum absolute atomic E-state index is 0.480. The van der Waals surface area contributed by atoms with Crippen LogP contribution in [0.1, 0.15) is 90.9 Å². The lowest BCUT2D eigenvalue weighted by Gasteiger charge is -2.32. The van der Waals surface area contributed by atoms with E-state index in [0.717, 1.165) is 31.3 Å². The molecule has 1 aliphatic rings. The van der Waals surface area contributed by atoms with E-state index < -0.39 is 0 Å². The van der Waals surface area contributed by atoms with Crippen LogP contribution in [0.25, 0.3) is 0 Å². The molecule has 1 saturated carbocycles. The highest BCUT2D eigenvalue weighted by Gasteiger charge is 2.24. The normalized spacial score (nSPS) is 21.9. The minimum Gasteiger partial charge on any atom is -0.389 e. The highest BCUT2D eigenvalue weighted by atomic mass is 14.9. The van der Waals surface area contributed by atoms with E-state index in [4.69, 9.17) is 5.73 Å². The Morgan fingerprint density at radius 3 is 2.48 bits per heavy atom. The van der Waals surface area contributed by atoms with Crippen molar-refractivity contribution in [1.82, 2.24) is 10.6 Å². The standard InChI is InChI=1S/C14H27N.C10H22N2/c1-3-4-5-6-7-8-13-10-9-12(2)11-14(13)15;1-4-12-10(2)8-6-5-7-9-11-3/h3,12-14H,1,4-11,15H2,2H3;11-12H,2,4-9H2,1,3H3. The number of hydrogen-bond acceptors (Lipinski definition) is 3. The lowest BCUT2D eigenvalue weighted by molar-refractivity contribution is 0.234. The highest BCUT2D eigenvalue weighted by Crippen LogP contribution is 2.30. The molecule has 1 aliphatic carbocycles. The monoisotopic (exact) mass is 379 g/mol. The molecule has 0 heterocycles. The van der Waals surface area contributed by atoms with Crippen LogP contribution in [0, 0.1) is 11.8 Å². The molecule has 0 radical (unpaired) electrons. The summed E-state index contributed by atoms with van der Waals surface area (Å²) < 4.78 is 0. The van der Waals surface area contributed by atoms with Gasteiger partial charge in [0.15, 0.2) is 0 Å². The minimum atomic E-state index is 0.480. The molecule has 0 spiro atoms. The van der Waals surface area contributed by atoms with Gasteiger partial charge in [0.05, 0.1) is 0 Å². The summed E-state index contributed by atoms with van der Waals surface area (Å²) in [6.45, 7) is 14.2. The Morgan fingerprint density at radius 2 is 1.85 bits per heavy atom. The number of allylic oxidation sites excluding steroid dienone is 2. The van der Waals surface area contributed by atoms with E-state index in [1.807, 2.05) is 13.1 Å². The van der Waals surface area contributed by atoms with Gasteiger partial charge in [-0.15, -0.1) is 6.58 Å². The Hall–Kier alpha value is -0.800. The largest absolute Gasteiger partial charge is 0.389 e. The summed E-state index contributed by atoms with van der Waals surface area (Å²) in [6.07, 6.45) is 17.5. The van der Waals surface area contributed by atoms with Crippen molar-refractivity contribution in [1.29, 1.82) is 0 Å². The van der Waals surface area contributed by atoms with Crippen molar-refractivity contribution in [3.8, 4) is 0 Å². The number of unbranched alkanes of at least 4 members (excludes halogenated alkanes) is 5. The number of rotatable bonds is 14. The molecule has 3 atom stereocenters. The summed E-state index contributed by atoms with van der Waals surface area (Å²) in [5.74, 6) is 1.67. The average molecular weight is 380 g/mol. The SMILES string of the molecule is C=C(CCCCCNC)NCC.C=CCCCCCC1CCC(C)CC1N. The second-order valence-electron chi connectivity index (χ2n) is 8.32. The molecule has 0 aromatic heterocycles. The van der Waals surface area contributed by atoms with Crippen molar-refractivity contribution in [2.45, 2.75) is 96.9 Å². The first-order chi connectivity index (χ1) is 13.0. The molecule has 0 bridgehead atoms. The van der Waals surface area contributed by atoms with Crippen molar-refractivity contribution in [3.63, 3.8) is 0 Å². The topological polar surface area (TPSA) is 50.1 Å². The van der Waals surface area contributed by atoms with E-state index in [9.17, 15) is 0 Å². The molecule has 0 saturated heterocycles. The molecular formula is C24H49N3. The highest BCUT2D eigenvalue weighted by molar-refractivity contribution is 4.89. The summed E-state index contributed by atoms with van der Waals surface area (Å²) in [6, 6.07) is 0.480. The van der Waals surface area contributed by atoms with Crippen molar-refractivity contribution >= 4 is 0 Å². The van der Waals surface area contributed by atoms with E-state index in [-0.39, 0.29) is 0 Å². The van der Waals surface area contributed by atoms with Gasteiger partial charge in [0.25, 0.3) is 0 Å². The number of nitrogens with one attached hydrogen (secondary N) is 2. The lowest BCUT2D eigenvalue weighted by Crippen LogP contribution is -2.35. The van der Waals surface area contributed by atoms with Gasteiger partial charge in [0, 0.05) is 18.3 Å². The predicted octanol–water partition coefficient (Wildman–Crippen LogP) is 5.78. The van der Waals surface area contributed by atoms with Crippen molar-refractivity contribution in [3.05, 3.63) is 24.9 Å². The van der Waals surface area contributed by atoms with Crippen LogP contribution in [-0.4, -0.2) is 26.2 Å². The Bertz CT molecular complexity index is 354. The molecule has 4 N–H and O–H groups in total. The molecule has 1 fully saturated rings. The third-order valence-electron chi connectivity index (χ3n) is 5.63. The molecule has 1 rings (SSSR count). The molecule has 0 aliphatic heterocycles. The fourth-order valence-corrected chi connectivity index (χ4v) is 3.87. The summed E-state index contributed by atoms with van der Waals surface area (Å²) in [5.41, 5.74) is 7.38. The van der Waals surface area contributed by atoms with E-state index in [1.54, 1.807) is 0 Å². The first-order valence-electron chi connectivity index (χ1n) is 11.5. The van der Waals surface area contributed by atoms with Gasteiger partial charge < -0.3 is 16.4 Å². The van der Waals surface area contributed by atoms with Gasteiger partial charge in [-0.2, -0.15) is 0 Å². The van der Waals surface area contributed by atoms with Crippen molar-refractivity contribution < 1.29 is 0 Å². The maximum atomic E-state index is 6.19. The van der Waals surface area contributed by atoms with Gasteiger partial charge in [-0.3, -0.25) is 0 Å². The quantitative estimate of drug-likeness (QED) is 0.265. The van der Waals surface area contributed by atoms with E-state index >= 15 is 0 Å². The van der Waals surface area contributed by atoms with Gasteiger partial charge in [0.2, 0.25) is 0 Å². The van der Waals surface area contributed by atoms with E-state index in [2.05, 4.69) is 37.6 Å². The van der Waals surface area contributed by atoms with Crippen molar-refractivity contribution in [2.75, 3.05) is 20.1 Å². The smallest absolute Gasteiger partial charge is 0.0115 e. The van der Waals surface area contributed by atoms with Gasteiger partial charge in [-0.05, 0) is 83.7 Å². The zero-order chi connectivity index (χ0) is 20.3. The summed E-state index contributed by atoms with van der Waals surface area (Å²) >= 11 is 0. The van der Waals surface area contributed by atoms with E-state index in [1.165, 1.54) is 76.3 Å². The molecule has 3 unspecified atom stereocenters. The molecule has 3 heteroatoms. The van der Waals surface area contributed by atoms with Crippen LogP contribution in [0.15, 0.2) is 24.9 Å². The second kappa shape index (κ2) is 18.6. The molecular weight excluding hydrogens is 330 g/mol. The Labute approximate surface area is 170 Å². The summed E-state index contributed by atoms with van der Waals surface area (Å²) in [5, 5.41) is 6.37. The van der Waals surface area contributed by atoms with Crippen LogP contribution in [0.3, 0.4) is 0 Å². The molecule has 0 aromatic rings. The van der Waals surface area contributed by atoms with Crippen LogP contribution in [0.2, 0.25) is 0 Å². The Kier molecular flexibility index (Phi) is 18.0. The van der Waals surface area contributed by atoms with Crippen LogP contribution in [0.5, 0.6) is 0 Å². The van der Waals surface area contributed by atoms with Crippen LogP contribution < -0.4 is 16.4 Å². The number of nitrogens with two attached hydrogens (primary N) is 1. The first-order valence-corrected chi connectivity index (χ1v) is 11.5. The third kappa shape index (κ3) is 15.9. The predicted molar refractivity (Wildman–Crippen MR) is 123 cm³/mol. The van der Waals surface area contributed by atoms with Crippen molar-refractivity contribution in [2.24, 2.45) is 17.6 Å². The zero-order valence-electron chi connectivity index (χ0n) is 18.7. The van der Waals surface area contributed by atoms with Gasteiger partial charge >= 0.3 is 0 Å². The molecule has 27 heavy (non-hydrogen) atoms. The fourth-order valence-electron chi connectivity index (χ4n) is 3.87. The fraction of sp³-hybridized carbons (Fsp3) is 0.833. The van der Waals surface area contributed by atoms with E-state index in [0.29, 0.717) is 6.04 Å². The Morgan fingerprint density at radius 1 is 1.11 bits per heavy atom. The average Bonchev–Trinajstić information content (AvgIpc) is 2.64. The zero-order valence-corrected chi connectivity index (χ0v) is 18.7. The maximum absolute atomic E-state index is 6.19. The Balaban J connectivity index is 0.000000516. The summed E-state index contributed by atoms with van der Waals surface area (Å²) in [7, 11) is 2.00. The van der Waals surface area contributed by atoms with Gasteiger partial charge in [0.1, 0.15) is 0 Å². The van der Waals surface area contributed by atoms with Crippen LogP contribution in [0.4, 0.5) is 0 Å². The molecule has 160 valence electrons. The third-order valence-corrected chi connectivity index (χ3v) is 5.63. The second-order valence-corrected chi connectivity index (χ2v) is 8.32. The molecule has 3 nitrogen and oxygen atoms in total. The van der Waals surface area contributed by atoms with Crippen LogP contribution in [-0.2, 0) is 0 Å². The van der Waals surface area contributed by atoms with Gasteiger partial charge in [-0.1, -0.05) is 45.3 Å². The molecule has 0 aromatic carbocycles.